The molecule has 0 aliphatic carbocycles. The van der Waals surface area contributed by atoms with Gasteiger partial charge in [0.1, 0.15) is 11.5 Å². The van der Waals surface area contributed by atoms with Gasteiger partial charge in [-0.15, -0.1) is 0 Å². The van der Waals surface area contributed by atoms with Crippen LogP contribution >= 0.6 is 0 Å². The Morgan fingerprint density at radius 1 is 1.14 bits per heavy atom. The van der Waals surface area contributed by atoms with Crippen LogP contribution in [0.15, 0.2) is 48.5 Å². The Hall–Kier alpha value is -2.41. The van der Waals surface area contributed by atoms with Crippen LogP contribution in [0.2, 0.25) is 0 Å². The third-order valence-corrected chi connectivity index (χ3v) is 2.87. The Bertz CT molecular complexity index is 645. The fraction of sp³-hybridized carbons (Fsp3) is 0.200. The number of ether oxygens (including phenoxy) is 1. The molecule has 0 aliphatic rings. The smallest absolute Gasteiger partial charge is 0.367 e. The van der Waals surface area contributed by atoms with Crippen LogP contribution in [0, 0.1) is 0 Å². The van der Waals surface area contributed by atoms with Crippen molar-refractivity contribution in [2.45, 2.75) is 12.3 Å². The number of nitrogens with zero attached hydrogens (tertiary/aromatic N) is 1. The molecule has 1 heterocycles. The number of amides is 1. The van der Waals surface area contributed by atoms with Crippen molar-refractivity contribution in [2.75, 3.05) is 12.4 Å². The number of alkyl halides is 3. The first kappa shape index (κ1) is 16.0. The van der Waals surface area contributed by atoms with Crippen LogP contribution in [0.3, 0.4) is 0 Å². The molecule has 1 N–H and O–H groups in total. The quantitative estimate of drug-likeness (QED) is 0.941. The van der Waals surface area contributed by atoms with Gasteiger partial charge in [0.25, 0.3) is 5.91 Å². The average Bonchev–Trinajstić information content (AvgIpc) is 2.48. The number of benzene rings is 1. The lowest BCUT2D eigenvalue weighted by Crippen LogP contribution is -2.23. The number of aromatic nitrogens is 1. The monoisotopic (exact) mass is 310 g/mol. The van der Waals surface area contributed by atoms with Gasteiger partial charge in [0.15, 0.2) is 6.10 Å². The van der Waals surface area contributed by atoms with Gasteiger partial charge in [-0.2, -0.15) is 13.2 Å². The Kier molecular flexibility index (Phi) is 4.77. The molecular formula is C15H13F3N2O2. The van der Waals surface area contributed by atoms with Gasteiger partial charge in [0.05, 0.1) is 0 Å². The van der Waals surface area contributed by atoms with Crippen LogP contribution in [-0.2, 0) is 15.7 Å². The molecule has 22 heavy (non-hydrogen) atoms. The minimum atomic E-state index is -4.57. The molecule has 0 saturated carbocycles. The van der Waals surface area contributed by atoms with Gasteiger partial charge in [0, 0.05) is 7.11 Å². The lowest BCUT2D eigenvalue weighted by Gasteiger charge is -2.15. The molecule has 0 saturated heterocycles. The van der Waals surface area contributed by atoms with E-state index in [0.29, 0.717) is 5.56 Å². The van der Waals surface area contributed by atoms with E-state index in [1.54, 1.807) is 30.3 Å². The zero-order valence-electron chi connectivity index (χ0n) is 11.6. The van der Waals surface area contributed by atoms with Crippen molar-refractivity contribution in [3.63, 3.8) is 0 Å². The zero-order valence-corrected chi connectivity index (χ0v) is 11.6. The number of rotatable bonds is 4. The molecule has 0 bridgehead atoms. The van der Waals surface area contributed by atoms with Crippen molar-refractivity contribution in [2.24, 2.45) is 0 Å². The lowest BCUT2D eigenvalue weighted by atomic mass is 10.1. The second-order valence-electron chi connectivity index (χ2n) is 4.42. The van der Waals surface area contributed by atoms with E-state index >= 15 is 0 Å². The van der Waals surface area contributed by atoms with Crippen LogP contribution in [-0.4, -0.2) is 18.0 Å². The van der Waals surface area contributed by atoms with Gasteiger partial charge in [-0.3, -0.25) is 4.79 Å². The molecule has 0 aliphatic heterocycles. The summed E-state index contributed by atoms with van der Waals surface area (Å²) in [6.07, 6.45) is -5.50. The summed E-state index contributed by atoms with van der Waals surface area (Å²) < 4.78 is 42.9. The third-order valence-electron chi connectivity index (χ3n) is 2.87. The van der Waals surface area contributed by atoms with Gasteiger partial charge in [0.2, 0.25) is 0 Å². The maximum Gasteiger partial charge on any atom is 0.433 e. The van der Waals surface area contributed by atoms with E-state index in [-0.39, 0.29) is 5.82 Å². The molecule has 0 unspecified atom stereocenters. The summed E-state index contributed by atoms with van der Waals surface area (Å²) in [4.78, 5) is 15.5. The summed E-state index contributed by atoms with van der Waals surface area (Å²) in [5.74, 6) is -0.779. The number of methoxy groups -OCH3 is 1. The van der Waals surface area contributed by atoms with E-state index in [9.17, 15) is 18.0 Å². The fourth-order valence-electron chi connectivity index (χ4n) is 1.88. The standard InChI is InChI=1S/C15H13F3N2O2/c1-22-13(10-6-3-2-4-7-10)14(21)20-12-9-5-8-11(19-12)15(16,17)18/h2-9,13H,1H3,(H,19,20,21)/t13-/m1/s1. The van der Waals surface area contributed by atoms with E-state index < -0.39 is 23.9 Å². The number of anilines is 1. The molecule has 4 nitrogen and oxygen atoms in total. The van der Waals surface area contributed by atoms with Gasteiger partial charge >= 0.3 is 6.18 Å². The molecule has 1 aromatic heterocycles. The molecule has 116 valence electrons. The van der Waals surface area contributed by atoms with Crippen LogP contribution in [0.5, 0.6) is 0 Å². The summed E-state index contributed by atoms with van der Waals surface area (Å²) in [6.45, 7) is 0. The second kappa shape index (κ2) is 6.57. The van der Waals surface area contributed by atoms with Crippen molar-refractivity contribution in [3.05, 3.63) is 59.8 Å². The Morgan fingerprint density at radius 2 is 1.82 bits per heavy atom. The molecular weight excluding hydrogens is 297 g/mol. The van der Waals surface area contributed by atoms with Crippen molar-refractivity contribution >= 4 is 11.7 Å². The number of pyridine rings is 1. The van der Waals surface area contributed by atoms with Crippen LogP contribution in [0.1, 0.15) is 17.4 Å². The Labute approximate surface area is 124 Å². The van der Waals surface area contributed by atoms with Crippen molar-refractivity contribution in [3.8, 4) is 0 Å². The van der Waals surface area contributed by atoms with Crippen molar-refractivity contribution in [1.82, 2.24) is 4.98 Å². The predicted octanol–water partition coefficient (Wildman–Crippen LogP) is 3.43. The summed E-state index contributed by atoms with van der Waals surface area (Å²) >= 11 is 0. The number of carbonyl (C=O) groups excluding carboxylic acids is 1. The molecule has 1 atom stereocenters. The fourth-order valence-corrected chi connectivity index (χ4v) is 1.88. The highest BCUT2D eigenvalue weighted by Crippen LogP contribution is 2.28. The number of hydrogen-bond acceptors (Lipinski definition) is 3. The average molecular weight is 310 g/mol. The van der Waals surface area contributed by atoms with Crippen LogP contribution in [0.4, 0.5) is 19.0 Å². The minimum Gasteiger partial charge on any atom is -0.367 e. The first-order valence-corrected chi connectivity index (χ1v) is 6.34. The SMILES string of the molecule is CO[C@@H](C(=O)Nc1cccc(C(F)(F)F)n1)c1ccccc1. The van der Waals surface area contributed by atoms with E-state index in [4.69, 9.17) is 4.74 Å². The van der Waals surface area contributed by atoms with E-state index in [0.717, 1.165) is 6.07 Å². The van der Waals surface area contributed by atoms with Gasteiger partial charge < -0.3 is 10.1 Å². The molecule has 2 aromatic rings. The third kappa shape index (κ3) is 3.82. The highest BCUT2D eigenvalue weighted by Gasteiger charge is 2.32. The Morgan fingerprint density at radius 3 is 2.41 bits per heavy atom. The normalized spacial score (nSPS) is 12.7. The highest BCUT2D eigenvalue weighted by atomic mass is 19.4. The van der Waals surface area contributed by atoms with E-state index in [1.807, 2.05) is 0 Å². The van der Waals surface area contributed by atoms with Crippen LogP contribution in [0.25, 0.3) is 0 Å². The highest BCUT2D eigenvalue weighted by molar-refractivity contribution is 5.94. The first-order valence-electron chi connectivity index (χ1n) is 6.34. The summed E-state index contributed by atoms with van der Waals surface area (Å²) in [5, 5.41) is 2.33. The largest absolute Gasteiger partial charge is 0.433 e. The topological polar surface area (TPSA) is 51.2 Å². The number of nitrogens with one attached hydrogen (secondary N) is 1. The minimum absolute atomic E-state index is 0.183. The van der Waals surface area contributed by atoms with Gasteiger partial charge in [-0.05, 0) is 17.7 Å². The zero-order chi connectivity index (χ0) is 16.2. The maximum atomic E-state index is 12.6. The lowest BCUT2D eigenvalue weighted by molar-refractivity contribution is -0.141. The molecule has 0 spiro atoms. The maximum absolute atomic E-state index is 12.6. The number of halogens is 3. The molecule has 0 radical (unpaired) electrons. The Balaban J connectivity index is 2.18. The van der Waals surface area contributed by atoms with E-state index in [1.165, 1.54) is 19.2 Å². The van der Waals surface area contributed by atoms with Gasteiger partial charge in [-0.1, -0.05) is 36.4 Å². The van der Waals surface area contributed by atoms with E-state index in [2.05, 4.69) is 10.3 Å². The summed E-state index contributed by atoms with van der Waals surface area (Å²) in [5.41, 5.74) is -0.478. The molecule has 2 rings (SSSR count). The second-order valence-corrected chi connectivity index (χ2v) is 4.42. The number of hydrogen-bond donors (Lipinski definition) is 1. The molecule has 0 fully saturated rings. The summed E-state index contributed by atoms with van der Waals surface area (Å²) in [7, 11) is 1.34. The number of carbonyl (C=O) groups is 1. The molecule has 1 aromatic carbocycles. The molecule has 1 amide bonds. The first-order chi connectivity index (χ1) is 10.4. The van der Waals surface area contributed by atoms with Gasteiger partial charge in [-0.25, -0.2) is 4.98 Å². The van der Waals surface area contributed by atoms with Crippen molar-refractivity contribution < 1.29 is 22.7 Å². The summed E-state index contributed by atoms with van der Waals surface area (Å²) in [6, 6.07) is 11.9. The predicted molar refractivity (Wildman–Crippen MR) is 74.1 cm³/mol. The molecule has 7 heteroatoms. The van der Waals surface area contributed by atoms with Crippen molar-refractivity contribution in [1.29, 1.82) is 0 Å². The van der Waals surface area contributed by atoms with Crippen LogP contribution < -0.4 is 5.32 Å².